The topological polar surface area (TPSA) is 68.0 Å². The summed E-state index contributed by atoms with van der Waals surface area (Å²) >= 11 is 18.9. The molecule has 0 saturated carbocycles. The SMILES string of the molecule is Nc1cccc(Cl)c1SCC(=O)Nc1ncc(Cl)cc1Cl. The van der Waals surface area contributed by atoms with Gasteiger partial charge in [0.25, 0.3) is 0 Å². The van der Waals surface area contributed by atoms with Gasteiger partial charge < -0.3 is 11.1 Å². The van der Waals surface area contributed by atoms with Crippen molar-refractivity contribution in [2.75, 3.05) is 16.8 Å². The van der Waals surface area contributed by atoms with Gasteiger partial charge in [-0.05, 0) is 18.2 Å². The molecule has 0 radical (unpaired) electrons. The van der Waals surface area contributed by atoms with Crippen LogP contribution in [0.15, 0.2) is 35.4 Å². The molecule has 0 fully saturated rings. The Morgan fingerprint density at radius 3 is 2.71 bits per heavy atom. The molecule has 21 heavy (non-hydrogen) atoms. The Balaban J connectivity index is 1.99. The van der Waals surface area contributed by atoms with E-state index in [-0.39, 0.29) is 22.5 Å². The number of benzene rings is 1. The van der Waals surface area contributed by atoms with Crippen LogP contribution in [-0.2, 0) is 4.79 Å². The van der Waals surface area contributed by atoms with Crippen LogP contribution in [0.1, 0.15) is 0 Å². The molecule has 2 aromatic rings. The Kier molecular flexibility index (Phi) is 5.58. The fourth-order valence-electron chi connectivity index (χ4n) is 1.49. The van der Waals surface area contributed by atoms with Crippen LogP contribution in [0.5, 0.6) is 0 Å². The molecule has 0 unspecified atom stereocenters. The third-order valence-corrected chi connectivity index (χ3v) is 4.48. The van der Waals surface area contributed by atoms with Crippen molar-refractivity contribution >= 4 is 64.0 Å². The van der Waals surface area contributed by atoms with Gasteiger partial charge in [-0.15, -0.1) is 11.8 Å². The van der Waals surface area contributed by atoms with E-state index in [4.69, 9.17) is 40.5 Å². The van der Waals surface area contributed by atoms with Gasteiger partial charge in [0.15, 0.2) is 5.82 Å². The summed E-state index contributed by atoms with van der Waals surface area (Å²) in [6.07, 6.45) is 1.41. The number of hydrogen-bond acceptors (Lipinski definition) is 4. The number of amides is 1. The number of carbonyl (C=O) groups is 1. The van der Waals surface area contributed by atoms with Crippen molar-refractivity contribution in [3.63, 3.8) is 0 Å². The number of aromatic nitrogens is 1. The number of rotatable bonds is 4. The van der Waals surface area contributed by atoms with Gasteiger partial charge in [-0.3, -0.25) is 4.79 Å². The second-order valence-corrected chi connectivity index (χ2v) is 6.22. The molecule has 2 rings (SSSR count). The normalized spacial score (nSPS) is 10.4. The summed E-state index contributed by atoms with van der Waals surface area (Å²) in [4.78, 5) is 16.5. The first-order valence-electron chi connectivity index (χ1n) is 5.75. The number of pyridine rings is 1. The van der Waals surface area contributed by atoms with Crippen LogP contribution in [0.3, 0.4) is 0 Å². The molecule has 0 aliphatic carbocycles. The molecule has 4 nitrogen and oxygen atoms in total. The van der Waals surface area contributed by atoms with E-state index in [0.717, 1.165) is 0 Å². The van der Waals surface area contributed by atoms with E-state index in [1.165, 1.54) is 24.0 Å². The molecule has 1 aromatic carbocycles. The third kappa shape index (κ3) is 4.41. The van der Waals surface area contributed by atoms with E-state index in [2.05, 4.69) is 10.3 Å². The Morgan fingerprint density at radius 1 is 1.29 bits per heavy atom. The first-order valence-corrected chi connectivity index (χ1v) is 7.87. The van der Waals surface area contributed by atoms with Crippen molar-refractivity contribution in [2.24, 2.45) is 0 Å². The van der Waals surface area contributed by atoms with Gasteiger partial charge in [-0.2, -0.15) is 0 Å². The summed E-state index contributed by atoms with van der Waals surface area (Å²) in [5.74, 6) is 0.129. The molecule has 0 aliphatic heterocycles. The first kappa shape index (κ1) is 16.2. The van der Waals surface area contributed by atoms with Crippen molar-refractivity contribution in [2.45, 2.75) is 4.90 Å². The minimum atomic E-state index is -0.268. The maximum Gasteiger partial charge on any atom is 0.235 e. The average Bonchev–Trinajstić information content (AvgIpc) is 2.41. The lowest BCUT2D eigenvalue weighted by Crippen LogP contribution is -2.15. The van der Waals surface area contributed by atoms with Gasteiger partial charge in [0.05, 0.1) is 20.8 Å². The lowest BCUT2D eigenvalue weighted by atomic mass is 10.3. The van der Waals surface area contributed by atoms with Crippen LogP contribution >= 0.6 is 46.6 Å². The molecule has 0 aliphatic rings. The van der Waals surface area contributed by atoms with Crippen LogP contribution < -0.4 is 11.1 Å². The Bertz CT molecular complexity index is 661. The Morgan fingerprint density at radius 2 is 2.05 bits per heavy atom. The number of anilines is 2. The van der Waals surface area contributed by atoms with Crippen LogP contribution in [0.25, 0.3) is 0 Å². The Labute approximate surface area is 141 Å². The maximum absolute atomic E-state index is 11.9. The van der Waals surface area contributed by atoms with Crippen LogP contribution in [0, 0.1) is 0 Å². The summed E-state index contributed by atoms with van der Waals surface area (Å²) in [5, 5.41) is 3.79. The van der Waals surface area contributed by atoms with Gasteiger partial charge in [0.2, 0.25) is 5.91 Å². The second-order valence-electron chi connectivity index (χ2n) is 3.98. The van der Waals surface area contributed by atoms with E-state index in [1.54, 1.807) is 18.2 Å². The fraction of sp³-hybridized carbons (Fsp3) is 0.0769. The summed E-state index contributed by atoms with van der Waals surface area (Å²) < 4.78 is 0. The van der Waals surface area contributed by atoms with E-state index >= 15 is 0 Å². The number of halogens is 3. The van der Waals surface area contributed by atoms with Gasteiger partial charge in [-0.1, -0.05) is 40.9 Å². The number of nitrogen functional groups attached to an aromatic ring is 1. The molecule has 1 aromatic heterocycles. The zero-order chi connectivity index (χ0) is 15.4. The van der Waals surface area contributed by atoms with E-state index < -0.39 is 0 Å². The fourth-order valence-corrected chi connectivity index (χ4v) is 3.05. The smallest absolute Gasteiger partial charge is 0.235 e. The third-order valence-electron chi connectivity index (χ3n) is 2.41. The van der Waals surface area contributed by atoms with Crippen molar-refractivity contribution in [1.29, 1.82) is 0 Å². The van der Waals surface area contributed by atoms with Crippen molar-refractivity contribution in [1.82, 2.24) is 4.98 Å². The van der Waals surface area contributed by atoms with E-state index in [9.17, 15) is 4.79 Å². The predicted octanol–water partition coefficient (Wildman–Crippen LogP) is 4.35. The van der Waals surface area contributed by atoms with Gasteiger partial charge >= 0.3 is 0 Å². The highest BCUT2D eigenvalue weighted by Gasteiger charge is 2.11. The van der Waals surface area contributed by atoms with Crippen molar-refractivity contribution in [3.8, 4) is 0 Å². The molecule has 3 N–H and O–H groups in total. The average molecular weight is 363 g/mol. The molecule has 0 saturated heterocycles. The number of thioether (sulfide) groups is 1. The first-order chi connectivity index (χ1) is 9.97. The van der Waals surface area contributed by atoms with Crippen molar-refractivity contribution < 1.29 is 4.79 Å². The highest BCUT2D eigenvalue weighted by molar-refractivity contribution is 8.00. The quantitative estimate of drug-likeness (QED) is 0.626. The number of nitrogens with one attached hydrogen (secondary N) is 1. The molecule has 0 spiro atoms. The largest absolute Gasteiger partial charge is 0.398 e. The molecular weight excluding hydrogens is 353 g/mol. The summed E-state index contributed by atoms with van der Waals surface area (Å²) in [5.41, 5.74) is 6.35. The Hall–Kier alpha value is -1.14. The van der Waals surface area contributed by atoms with Crippen molar-refractivity contribution in [3.05, 3.63) is 45.5 Å². The van der Waals surface area contributed by atoms with E-state index in [0.29, 0.717) is 20.6 Å². The highest BCUT2D eigenvalue weighted by Crippen LogP contribution is 2.32. The lowest BCUT2D eigenvalue weighted by molar-refractivity contribution is -0.113. The summed E-state index contributed by atoms with van der Waals surface area (Å²) in [7, 11) is 0. The molecule has 1 amide bonds. The minimum Gasteiger partial charge on any atom is -0.398 e. The monoisotopic (exact) mass is 361 g/mol. The molecule has 0 atom stereocenters. The summed E-state index contributed by atoms with van der Waals surface area (Å²) in [6.45, 7) is 0. The number of hydrogen-bond donors (Lipinski definition) is 2. The van der Waals surface area contributed by atoms with Crippen LogP contribution in [0.2, 0.25) is 15.1 Å². The summed E-state index contributed by atoms with van der Waals surface area (Å²) in [6, 6.07) is 6.70. The number of nitrogens with zero attached hydrogens (tertiary/aromatic N) is 1. The minimum absolute atomic E-state index is 0.134. The molecule has 0 bridgehead atoms. The molecule has 8 heteroatoms. The zero-order valence-corrected chi connectivity index (χ0v) is 13.7. The van der Waals surface area contributed by atoms with Gasteiger partial charge in [0, 0.05) is 16.8 Å². The zero-order valence-electron chi connectivity index (χ0n) is 10.6. The van der Waals surface area contributed by atoms with E-state index in [1.807, 2.05) is 0 Å². The predicted molar refractivity (Wildman–Crippen MR) is 89.5 cm³/mol. The molecule has 1 heterocycles. The van der Waals surface area contributed by atoms with Gasteiger partial charge in [0.1, 0.15) is 0 Å². The lowest BCUT2D eigenvalue weighted by Gasteiger charge is -2.08. The van der Waals surface area contributed by atoms with Crippen LogP contribution in [0.4, 0.5) is 11.5 Å². The van der Waals surface area contributed by atoms with Gasteiger partial charge in [-0.25, -0.2) is 4.98 Å². The number of nitrogens with two attached hydrogens (primary N) is 1. The molecular formula is C13H10Cl3N3OS. The second kappa shape index (κ2) is 7.22. The molecule has 110 valence electrons. The maximum atomic E-state index is 11.9. The standard InChI is InChI=1S/C13H10Cl3N3OS/c14-7-4-9(16)13(18-5-7)19-11(20)6-21-12-8(15)2-1-3-10(12)17/h1-5H,6,17H2,(H,18,19,20). The highest BCUT2D eigenvalue weighted by atomic mass is 35.5. The van der Waals surface area contributed by atoms with Crippen LogP contribution in [-0.4, -0.2) is 16.6 Å². The number of carbonyl (C=O) groups excluding carboxylic acids is 1.